The third-order valence-electron chi connectivity index (χ3n) is 5.73. The van der Waals surface area contributed by atoms with Crippen LogP contribution in [-0.2, 0) is 23.9 Å². The molecule has 1 aliphatic rings. The molecule has 1 atom stereocenters. The monoisotopic (exact) mass is 632 g/mol. The number of benzene rings is 2. The average molecular weight is 633 g/mol. The Morgan fingerprint density at radius 3 is 2.47 bits per heavy atom. The van der Waals surface area contributed by atoms with Crippen LogP contribution in [0.3, 0.4) is 0 Å². The van der Waals surface area contributed by atoms with Gasteiger partial charge in [0.1, 0.15) is 5.75 Å². The van der Waals surface area contributed by atoms with Gasteiger partial charge in [0.05, 0.1) is 42.7 Å². The number of esters is 2. The molecule has 1 aliphatic heterocycles. The summed E-state index contributed by atoms with van der Waals surface area (Å²) in [6.45, 7) is 6.98. The van der Waals surface area contributed by atoms with Gasteiger partial charge in [-0.25, -0.2) is 15.0 Å². The summed E-state index contributed by atoms with van der Waals surface area (Å²) in [5.41, 5.74) is 4.40. The Morgan fingerprint density at radius 2 is 1.74 bits per heavy atom. The van der Waals surface area contributed by atoms with Gasteiger partial charge in [-0.15, -0.1) is 0 Å². The van der Waals surface area contributed by atoms with Crippen molar-refractivity contribution < 1.29 is 38.1 Å². The second kappa shape index (κ2) is 16.3. The predicted molar refractivity (Wildman–Crippen MR) is 163 cm³/mol. The van der Waals surface area contributed by atoms with Gasteiger partial charge in [0.2, 0.25) is 0 Å². The first-order chi connectivity index (χ1) is 20.7. The molecule has 230 valence electrons. The van der Waals surface area contributed by atoms with E-state index in [-0.39, 0.29) is 37.2 Å². The van der Waals surface area contributed by atoms with E-state index in [0.29, 0.717) is 45.6 Å². The standard InChI is InChI=1S/C29H33ClN4O8S/c1-5-38-22-13-18(12-20(30)27(22)42-16-24(36)39-6-2)14-31-34-23(35)15-41-21-11-9-8-10-19(21)26-25(28(37)40-7-3)17(4)32-29(43)33-26/h8-14,26H,5-7,15-16H2,1-4H3,(H,34,35)(H2,32,33,43)/t26-/m0/s1. The topological polar surface area (TPSA) is 146 Å². The number of allylic oxidation sites excluding steroid dienone is 1. The van der Waals surface area contributed by atoms with E-state index >= 15 is 0 Å². The van der Waals surface area contributed by atoms with Crippen LogP contribution >= 0.6 is 23.8 Å². The minimum Gasteiger partial charge on any atom is -0.490 e. The van der Waals surface area contributed by atoms with Crippen molar-refractivity contribution in [2.45, 2.75) is 33.7 Å². The largest absolute Gasteiger partial charge is 0.490 e. The molecule has 14 heteroatoms. The summed E-state index contributed by atoms with van der Waals surface area (Å²) in [6, 6.07) is 9.47. The van der Waals surface area contributed by atoms with Crippen molar-refractivity contribution in [3.8, 4) is 17.2 Å². The lowest BCUT2D eigenvalue weighted by atomic mass is 9.95. The fraction of sp³-hybridized carbons (Fsp3) is 0.345. The van der Waals surface area contributed by atoms with E-state index < -0.39 is 23.9 Å². The van der Waals surface area contributed by atoms with Gasteiger partial charge in [-0.2, -0.15) is 5.10 Å². The van der Waals surface area contributed by atoms with Crippen molar-refractivity contribution in [2.24, 2.45) is 5.10 Å². The van der Waals surface area contributed by atoms with E-state index in [0.717, 1.165) is 0 Å². The van der Waals surface area contributed by atoms with Crippen LogP contribution in [0, 0.1) is 0 Å². The Bertz CT molecular complexity index is 1410. The third-order valence-corrected chi connectivity index (χ3v) is 6.23. The summed E-state index contributed by atoms with van der Waals surface area (Å²) in [4.78, 5) is 37.0. The van der Waals surface area contributed by atoms with Crippen LogP contribution in [-0.4, -0.2) is 62.2 Å². The zero-order valence-electron chi connectivity index (χ0n) is 24.2. The quantitative estimate of drug-likeness (QED) is 0.122. The Kier molecular flexibility index (Phi) is 12.6. The number of amides is 1. The van der Waals surface area contributed by atoms with Gasteiger partial charge in [-0.05, 0) is 63.7 Å². The summed E-state index contributed by atoms with van der Waals surface area (Å²) in [6.07, 6.45) is 1.37. The molecule has 3 rings (SSSR count). The smallest absolute Gasteiger partial charge is 0.344 e. The summed E-state index contributed by atoms with van der Waals surface area (Å²) >= 11 is 11.7. The zero-order chi connectivity index (χ0) is 31.4. The van der Waals surface area contributed by atoms with Gasteiger partial charge in [0.25, 0.3) is 5.91 Å². The molecule has 0 fully saturated rings. The molecule has 0 aliphatic carbocycles. The molecule has 1 heterocycles. The normalized spacial score (nSPS) is 14.4. The fourth-order valence-electron chi connectivity index (χ4n) is 4.01. The second-order valence-electron chi connectivity index (χ2n) is 8.77. The number of hydrazone groups is 1. The summed E-state index contributed by atoms with van der Waals surface area (Å²) in [5, 5.41) is 10.5. The lowest BCUT2D eigenvalue weighted by molar-refractivity contribution is -0.145. The molecule has 43 heavy (non-hydrogen) atoms. The summed E-state index contributed by atoms with van der Waals surface area (Å²) in [5.74, 6) is -0.733. The lowest BCUT2D eigenvalue weighted by Crippen LogP contribution is -2.45. The molecule has 12 nitrogen and oxygen atoms in total. The van der Waals surface area contributed by atoms with Gasteiger partial charge < -0.3 is 34.3 Å². The number of halogens is 1. The molecular formula is C29H33ClN4O8S. The van der Waals surface area contributed by atoms with E-state index in [1.165, 1.54) is 6.21 Å². The molecule has 0 radical (unpaired) electrons. The summed E-state index contributed by atoms with van der Waals surface area (Å²) < 4.78 is 27.0. The lowest BCUT2D eigenvalue weighted by Gasteiger charge is -2.30. The number of rotatable bonds is 14. The third kappa shape index (κ3) is 9.32. The van der Waals surface area contributed by atoms with Crippen molar-refractivity contribution in [3.63, 3.8) is 0 Å². The van der Waals surface area contributed by atoms with Crippen molar-refractivity contribution in [1.29, 1.82) is 0 Å². The number of carbonyl (C=O) groups excluding carboxylic acids is 3. The highest BCUT2D eigenvalue weighted by atomic mass is 35.5. The van der Waals surface area contributed by atoms with Crippen LogP contribution in [0.1, 0.15) is 44.9 Å². The molecule has 0 spiro atoms. The highest BCUT2D eigenvalue weighted by Crippen LogP contribution is 2.36. The minimum atomic E-state index is -0.654. The Balaban J connectivity index is 1.68. The molecule has 0 bridgehead atoms. The van der Waals surface area contributed by atoms with Gasteiger partial charge in [0, 0.05) is 11.3 Å². The molecule has 0 saturated heterocycles. The molecule has 0 aromatic heterocycles. The SMILES string of the molecule is CCOC(=O)COc1c(Cl)cc(C=NNC(=O)COc2ccccc2[C@@H]2NC(=S)NC(C)=C2C(=O)OCC)cc1OCC. The first-order valence-electron chi connectivity index (χ1n) is 13.4. The van der Waals surface area contributed by atoms with E-state index in [2.05, 4.69) is 21.2 Å². The number of carbonyl (C=O) groups is 3. The number of thiocarbonyl (C=S) groups is 1. The first-order valence-corrected chi connectivity index (χ1v) is 14.2. The van der Waals surface area contributed by atoms with Gasteiger partial charge in [0.15, 0.2) is 29.8 Å². The predicted octanol–water partition coefficient (Wildman–Crippen LogP) is 3.57. The maximum absolute atomic E-state index is 12.7. The van der Waals surface area contributed by atoms with Gasteiger partial charge >= 0.3 is 11.9 Å². The van der Waals surface area contributed by atoms with E-state index in [9.17, 15) is 14.4 Å². The maximum Gasteiger partial charge on any atom is 0.344 e. The Labute approximate surface area is 259 Å². The van der Waals surface area contributed by atoms with Crippen molar-refractivity contribution in [1.82, 2.24) is 16.1 Å². The molecule has 3 N–H and O–H groups in total. The molecule has 2 aromatic carbocycles. The maximum atomic E-state index is 12.7. The van der Waals surface area contributed by atoms with Gasteiger partial charge in [-0.1, -0.05) is 29.8 Å². The minimum absolute atomic E-state index is 0.181. The molecule has 2 aromatic rings. The number of para-hydroxylation sites is 1. The van der Waals surface area contributed by atoms with E-state index in [4.69, 9.17) is 47.5 Å². The highest BCUT2D eigenvalue weighted by Gasteiger charge is 2.32. The number of ether oxygens (including phenoxy) is 5. The van der Waals surface area contributed by atoms with Crippen molar-refractivity contribution in [2.75, 3.05) is 33.0 Å². The van der Waals surface area contributed by atoms with Crippen LogP contribution in [0.4, 0.5) is 0 Å². The van der Waals surface area contributed by atoms with Crippen molar-refractivity contribution in [3.05, 3.63) is 63.8 Å². The average Bonchev–Trinajstić information content (AvgIpc) is 2.96. The van der Waals surface area contributed by atoms with Crippen LogP contribution in [0.2, 0.25) is 5.02 Å². The number of nitrogens with one attached hydrogen (secondary N) is 3. The van der Waals surface area contributed by atoms with Crippen LogP contribution in [0.15, 0.2) is 52.8 Å². The number of hydrogen-bond acceptors (Lipinski definition) is 10. The summed E-state index contributed by atoms with van der Waals surface area (Å²) in [7, 11) is 0. The van der Waals surface area contributed by atoms with E-state index in [1.54, 1.807) is 64.1 Å². The Hall–Kier alpha value is -4.36. The van der Waals surface area contributed by atoms with Crippen molar-refractivity contribution >= 4 is 53.0 Å². The molecule has 0 saturated carbocycles. The first kappa shape index (κ1) is 33.1. The second-order valence-corrected chi connectivity index (χ2v) is 9.58. The van der Waals surface area contributed by atoms with E-state index in [1.807, 2.05) is 0 Å². The van der Waals surface area contributed by atoms with Gasteiger partial charge in [-0.3, -0.25) is 4.79 Å². The van der Waals surface area contributed by atoms with Crippen LogP contribution < -0.4 is 30.3 Å². The number of hydrogen-bond donors (Lipinski definition) is 3. The fourth-order valence-corrected chi connectivity index (χ4v) is 4.56. The molecule has 0 unspecified atom stereocenters. The zero-order valence-corrected chi connectivity index (χ0v) is 25.7. The number of nitrogens with zero attached hydrogens (tertiary/aromatic N) is 1. The van der Waals surface area contributed by atoms with Crippen LogP contribution in [0.5, 0.6) is 17.2 Å². The molecular weight excluding hydrogens is 600 g/mol. The molecule has 1 amide bonds. The Morgan fingerprint density at radius 1 is 1.00 bits per heavy atom. The van der Waals surface area contributed by atoms with Crippen LogP contribution in [0.25, 0.3) is 0 Å². The highest BCUT2D eigenvalue weighted by molar-refractivity contribution is 7.80.